The molecule has 9 heteroatoms. The highest BCUT2D eigenvalue weighted by Crippen LogP contribution is 2.27. The molecule has 1 aliphatic rings. The Morgan fingerprint density at radius 2 is 1.76 bits per heavy atom. The molecule has 1 fully saturated rings. The van der Waals surface area contributed by atoms with Crippen LogP contribution >= 0.6 is 11.8 Å². The van der Waals surface area contributed by atoms with E-state index >= 15 is 0 Å². The Morgan fingerprint density at radius 1 is 1.05 bits per heavy atom. The zero-order valence-corrected chi connectivity index (χ0v) is 12.4. The van der Waals surface area contributed by atoms with E-state index in [0.717, 1.165) is 18.2 Å². The zero-order chi connectivity index (χ0) is 14.7. The van der Waals surface area contributed by atoms with Crippen molar-refractivity contribution in [3.05, 3.63) is 11.6 Å². The third-order valence-corrected chi connectivity index (χ3v) is 4.36. The van der Waals surface area contributed by atoms with Gasteiger partial charge in [-0.3, -0.25) is 5.10 Å². The van der Waals surface area contributed by atoms with Crippen LogP contribution in [0.2, 0.25) is 0 Å². The van der Waals surface area contributed by atoms with Gasteiger partial charge in [-0.15, -0.1) is 5.10 Å². The quantitative estimate of drug-likeness (QED) is 0.701. The maximum Gasteiger partial charge on any atom is 0.225 e. The van der Waals surface area contributed by atoms with Gasteiger partial charge in [0.15, 0.2) is 0 Å². The first kappa shape index (κ1) is 14.1. The number of aromatic nitrogens is 6. The number of hydrogen-bond donors (Lipinski definition) is 3. The molecule has 112 valence electrons. The average Bonchev–Trinajstić information content (AvgIpc) is 3.08. The predicted molar refractivity (Wildman–Crippen MR) is 80.3 cm³/mol. The Kier molecular flexibility index (Phi) is 4.18. The third-order valence-electron chi connectivity index (χ3n) is 3.51. The number of nitrogens with zero attached hydrogens (tertiary/aromatic N) is 5. The van der Waals surface area contributed by atoms with E-state index in [0.29, 0.717) is 16.7 Å². The van der Waals surface area contributed by atoms with Crippen LogP contribution in [0.4, 0.5) is 11.9 Å². The van der Waals surface area contributed by atoms with Gasteiger partial charge < -0.3 is 11.5 Å². The van der Waals surface area contributed by atoms with Gasteiger partial charge in [-0.05, 0) is 5.92 Å². The van der Waals surface area contributed by atoms with E-state index in [4.69, 9.17) is 11.5 Å². The van der Waals surface area contributed by atoms with Crippen molar-refractivity contribution in [3.63, 3.8) is 0 Å². The van der Waals surface area contributed by atoms with E-state index in [-0.39, 0.29) is 11.9 Å². The fraction of sp³-hybridized carbons (Fsp3) is 0.583. The minimum Gasteiger partial charge on any atom is -0.368 e. The zero-order valence-electron chi connectivity index (χ0n) is 11.6. The Bertz CT molecular complexity index is 587. The SMILES string of the molecule is Nc1nc(N)nc(CSc2n[nH]c(CC3CCCC3)n2)n1. The molecule has 0 radical (unpaired) electrons. The maximum atomic E-state index is 5.53. The summed E-state index contributed by atoms with van der Waals surface area (Å²) >= 11 is 1.45. The second kappa shape index (κ2) is 6.25. The Labute approximate surface area is 126 Å². The molecule has 0 unspecified atom stereocenters. The van der Waals surface area contributed by atoms with Crippen molar-refractivity contribution in [1.29, 1.82) is 0 Å². The fourth-order valence-corrected chi connectivity index (χ4v) is 3.24. The molecule has 1 saturated carbocycles. The molecule has 2 aromatic rings. The minimum atomic E-state index is 0.134. The van der Waals surface area contributed by atoms with Crippen LogP contribution in [0.15, 0.2) is 5.16 Å². The van der Waals surface area contributed by atoms with E-state index in [1.807, 2.05) is 0 Å². The molecular formula is C12H18N8S. The summed E-state index contributed by atoms with van der Waals surface area (Å²) in [6.45, 7) is 0. The second-order valence-electron chi connectivity index (χ2n) is 5.18. The van der Waals surface area contributed by atoms with Crippen LogP contribution in [-0.2, 0) is 12.2 Å². The predicted octanol–water partition coefficient (Wildman–Crippen LogP) is 1.18. The van der Waals surface area contributed by atoms with Gasteiger partial charge in [-0.25, -0.2) is 4.98 Å². The van der Waals surface area contributed by atoms with E-state index in [1.165, 1.54) is 37.4 Å². The topological polar surface area (TPSA) is 132 Å². The van der Waals surface area contributed by atoms with Gasteiger partial charge in [-0.1, -0.05) is 37.4 Å². The first-order chi connectivity index (χ1) is 10.2. The van der Waals surface area contributed by atoms with Gasteiger partial charge in [0.2, 0.25) is 17.1 Å². The van der Waals surface area contributed by atoms with Gasteiger partial charge >= 0.3 is 0 Å². The first-order valence-corrected chi connectivity index (χ1v) is 7.97. The second-order valence-corrected chi connectivity index (χ2v) is 6.12. The Hall–Kier alpha value is -1.90. The number of nitrogens with two attached hydrogens (primary N) is 2. The number of aromatic amines is 1. The molecule has 0 bridgehead atoms. The third kappa shape index (κ3) is 3.81. The number of anilines is 2. The van der Waals surface area contributed by atoms with Crippen molar-refractivity contribution in [1.82, 2.24) is 30.1 Å². The lowest BCUT2D eigenvalue weighted by atomic mass is 10.0. The average molecular weight is 306 g/mol. The number of H-pyrrole nitrogens is 1. The van der Waals surface area contributed by atoms with Gasteiger partial charge in [0.25, 0.3) is 0 Å². The summed E-state index contributed by atoms with van der Waals surface area (Å²) in [7, 11) is 0. The highest BCUT2D eigenvalue weighted by atomic mass is 32.2. The van der Waals surface area contributed by atoms with Gasteiger partial charge in [0.1, 0.15) is 11.6 Å². The molecule has 0 aliphatic heterocycles. The lowest BCUT2D eigenvalue weighted by Gasteiger charge is -2.04. The lowest BCUT2D eigenvalue weighted by molar-refractivity contribution is 0.531. The summed E-state index contributed by atoms with van der Waals surface area (Å²) in [4.78, 5) is 16.3. The van der Waals surface area contributed by atoms with Crippen LogP contribution in [0, 0.1) is 5.92 Å². The van der Waals surface area contributed by atoms with Crippen molar-refractivity contribution in [2.75, 3.05) is 11.5 Å². The Balaban J connectivity index is 1.56. The standard InChI is InChI=1S/C12H18N8S/c13-10-15-9(16-11(14)18-10)6-21-12-17-8(19-20-12)5-7-3-1-2-4-7/h7H,1-6H2,(H,17,19,20)(H4,13,14,15,16,18). The van der Waals surface area contributed by atoms with Gasteiger partial charge in [0, 0.05) is 6.42 Å². The summed E-state index contributed by atoms with van der Waals surface area (Å²) in [6, 6.07) is 0. The molecule has 1 aliphatic carbocycles. The van der Waals surface area contributed by atoms with Crippen LogP contribution in [-0.4, -0.2) is 30.1 Å². The van der Waals surface area contributed by atoms with E-state index in [1.54, 1.807) is 0 Å². The highest BCUT2D eigenvalue weighted by Gasteiger charge is 2.17. The molecule has 0 spiro atoms. The summed E-state index contributed by atoms with van der Waals surface area (Å²) in [5.41, 5.74) is 11.1. The number of hydrogen-bond acceptors (Lipinski definition) is 8. The number of nitrogen functional groups attached to an aromatic ring is 2. The van der Waals surface area contributed by atoms with E-state index < -0.39 is 0 Å². The normalized spacial score (nSPS) is 15.6. The van der Waals surface area contributed by atoms with E-state index in [9.17, 15) is 0 Å². The van der Waals surface area contributed by atoms with Gasteiger partial charge in [0.05, 0.1) is 5.75 Å². The van der Waals surface area contributed by atoms with E-state index in [2.05, 4.69) is 30.1 Å². The van der Waals surface area contributed by atoms with Crippen LogP contribution in [0.25, 0.3) is 0 Å². The van der Waals surface area contributed by atoms with Crippen LogP contribution in [0.3, 0.4) is 0 Å². The molecule has 5 N–H and O–H groups in total. The van der Waals surface area contributed by atoms with Crippen molar-refractivity contribution in [2.45, 2.75) is 43.0 Å². The molecule has 0 aromatic carbocycles. The summed E-state index contributed by atoms with van der Waals surface area (Å²) in [5, 5.41) is 7.91. The van der Waals surface area contributed by atoms with Crippen LogP contribution in [0.5, 0.6) is 0 Å². The molecule has 0 saturated heterocycles. The fourth-order valence-electron chi connectivity index (χ4n) is 2.57. The van der Waals surface area contributed by atoms with Crippen molar-refractivity contribution in [2.24, 2.45) is 5.92 Å². The monoisotopic (exact) mass is 306 g/mol. The number of thioether (sulfide) groups is 1. The van der Waals surface area contributed by atoms with Crippen LogP contribution < -0.4 is 11.5 Å². The van der Waals surface area contributed by atoms with Crippen molar-refractivity contribution < 1.29 is 0 Å². The van der Waals surface area contributed by atoms with Gasteiger partial charge in [-0.2, -0.15) is 15.0 Å². The maximum absolute atomic E-state index is 5.53. The minimum absolute atomic E-state index is 0.134. The smallest absolute Gasteiger partial charge is 0.225 e. The molecular weight excluding hydrogens is 288 g/mol. The molecule has 3 rings (SSSR count). The molecule has 21 heavy (non-hydrogen) atoms. The summed E-state index contributed by atoms with van der Waals surface area (Å²) in [6.07, 6.45) is 6.25. The number of nitrogens with one attached hydrogen (secondary N) is 1. The summed E-state index contributed by atoms with van der Waals surface area (Å²) in [5.74, 6) is 3.02. The molecule has 2 heterocycles. The molecule has 0 atom stereocenters. The lowest BCUT2D eigenvalue weighted by Crippen LogP contribution is -2.06. The summed E-state index contributed by atoms with van der Waals surface area (Å²) < 4.78 is 0. The highest BCUT2D eigenvalue weighted by molar-refractivity contribution is 7.98. The Morgan fingerprint density at radius 3 is 2.48 bits per heavy atom. The molecule has 2 aromatic heterocycles. The first-order valence-electron chi connectivity index (χ1n) is 6.99. The molecule has 8 nitrogen and oxygen atoms in total. The van der Waals surface area contributed by atoms with Crippen molar-refractivity contribution >= 4 is 23.7 Å². The van der Waals surface area contributed by atoms with Crippen LogP contribution in [0.1, 0.15) is 37.3 Å². The molecule has 0 amide bonds. The largest absolute Gasteiger partial charge is 0.368 e. The van der Waals surface area contributed by atoms with Crippen molar-refractivity contribution in [3.8, 4) is 0 Å². The number of rotatable bonds is 5.